The van der Waals surface area contributed by atoms with Crippen molar-refractivity contribution in [2.75, 3.05) is 40.3 Å². The van der Waals surface area contributed by atoms with Crippen LogP contribution in [0, 0.1) is 0 Å². The minimum Gasteiger partial charge on any atom is -0.492 e. The number of likely N-dealkylation sites (tertiary alicyclic amines) is 1. The Labute approximate surface area is 159 Å². The first-order valence-electron chi connectivity index (χ1n) is 9.24. The highest BCUT2D eigenvalue weighted by Crippen LogP contribution is 2.20. The van der Waals surface area contributed by atoms with Crippen LogP contribution in [-0.4, -0.2) is 72.9 Å². The molecule has 144 valence electrons. The van der Waals surface area contributed by atoms with Crippen LogP contribution < -0.4 is 4.74 Å². The van der Waals surface area contributed by atoms with Crippen LogP contribution in [0.3, 0.4) is 0 Å². The molecule has 0 saturated carbocycles. The van der Waals surface area contributed by atoms with Crippen molar-refractivity contribution in [3.63, 3.8) is 0 Å². The van der Waals surface area contributed by atoms with Gasteiger partial charge in [-0.3, -0.25) is 24.3 Å². The fourth-order valence-corrected chi connectivity index (χ4v) is 3.28. The molecule has 4 amide bonds. The predicted octanol–water partition coefficient (Wildman–Crippen LogP) is 1.99. The van der Waals surface area contributed by atoms with Gasteiger partial charge in [0.25, 0.3) is 11.8 Å². The standard InChI is InChI=1S/C20H25N3O4/c1-21-18(24)17(19(25)22(2)20(21)26)14-15-6-8-16(9-7-15)27-13-12-23-10-4-3-5-11-23/h6-9,14H,3-5,10-13H2,1-2H3. The van der Waals surface area contributed by atoms with Gasteiger partial charge >= 0.3 is 6.03 Å². The highest BCUT2D eigenvalue weighted by atomic mass is 16.5. The number of piperidine rings is 1. The number of urea groups is 1. The summed E-state index contributed by atoms with van der Waals surface area (Å²) in [6, 6.07) is 6.60. The number of rotatable bonds is 5. The van der Waals surface area contributed by atoms with Gasteiger partial charge in [-0.05, 0) is 49.7 Å². The molecule has 2 fully saturated rings. The van der Waals surface area contributed by atoms with Gasteiger partial charge in [0.1, 0.15) is 17.9 Å². The predicted molar refractivity (Wildman–Crippen MR) is 101 cm³/mol. The van der Waals surface area contributed by atoms with Crippen LogP contribution >= 0.6 is 0 Å². The lowest BCUT2D eigenvalue weighted by Gasteiger charge is -2.28. The van der Waals surface area contributed by atoms with Crippen LogP contribution in [0.15, 0.2) is 29.8 Å². The molecule has 2 aliphatic rings. The molecule has 0 spiro atoms. The summed E-state index contributed by atoms with van der Waals surface area (Å²) in [6.07, 6.45) is 5.34. The van der Waals surface area contributed by atoms with Gasteiger partial charge in [-0.1, -0.05) is 18.6 Å². The molecule has 0 unspecified atom stereocenters. The second-order valence-corrected chi connectivity index (χ2v) is 6.89. The van der Waals surface area contributed by atoms with Crippen molar-refractivity contribution in [3.8, 4) is 5.75 Å². The van der Waals surface area contributed by atoms with Gasteiger partial charge in [-0.25, -0.2) is 4.79 Å². The Hall–Kier alpha value is -2.67. The van der Waals surface area contributed by atoms with Crippen molar-refractivity contribution >= 4 is 23.9 Å². The quantitative estimate of drug-likeness (QED) is 0.585. The Morgan fingerprint density at radius 2 is 1.52 bits per heavy atom. The summed E-state index contributed by atoms with van der Waals surface area (Å²) in [6.45, 7) is 3.84. The van der Waals surface area contributed by atoms with E-state index in [1.807, 2.05) is 12.1 Å². The van der Waals surface area contributed by atoms with Gasteiger partial charge < -0.3 is 4.74 Å². The van der Waals surface area contributed by atoms with E-state index in [0.717, 1.165) is 35.2 Å². The lowest BCUT2D eigenvalue weighted by Crippen LogP contribution is -2.52. The second-order valence-electron chi connectivity index (χ2n) is 6.89. The Kier molecular flexibility index (Phi) is 5.91. The average molecular weight is 371 g/mol. The van der Waals surface area contributed by atoms with Gasteiger partial charge in [0.2, 0.25) is 0 Å². The summed E-state index contributed by atoms with van der Waals surface area (Å²) >= 11 is 0. The zero-order chi connectivity index (χ0) is 19.4. The minimum absolute atomic E-state index is 0.0293. The van der Waals surface area contributed by atoms with E-state index in [4.69, 9.17) is 4.74 Å². The third kappa shape index (κ3) is 4.36. The Morgan fingerprint density at radius 3 is 2.11 bits per heavy atom. The molecule has 0 bridgehead atoms. The van der Waals surface area contributed by atoms with Crippen LogP contribution in [0.2, 0.25) is 0 Å². The van der Waals surface area contributed by atoms with Crippen molar-refractivity contribution in [2.45, 2.75) is 19.3 Å². The number of nitrogens with zero attached hydrogens (tertiary/aromatic N) is 3. The maximum absolute atomic E-state index is 12.2. The smallest absolute Gasteiger partial charge is 0.333 e. The SMILES string of the molecule is CN1C(=O)C(=Cc2ccc(OCCN3CCCCC3)cc2)C(=O)N(C)C1=O. The molecule has 3 rings (SSSR count). The monoisotopic (exact) mass is 371 g/mol. The highest BCUT2D eigenvalue weighted by Gasteiger charge is 2.37. The van der Waals surface area contributed by atoms with Crippen molar-refractivity contribution < 1.29 is 19.1 Å². The van der Waals surface area contributed by atoms with E-state index in [9.17, 15) is 14.4 Å². The summed E-state index contributed by atoms with van der Waals surface area (Å²) in [5, 5.41) is 0. The van der Waals surface area contributed by atoms with E-state index in [1.165, 1.54) is 39.4 Å². The summed E-state index contributed by atoms with van der Waals surface area (Å²) in [5.74, 6) is -0.435. The number of benzene rings is 1. The molecule has 1 aromatic carbocycles. The lowest BCUT2D eigenvalue weighted by atomic mass is 10.1. The molecule has 0 radical (unpaired) electrons. The van der Waals surface area contributed by atoms with Gasteiger partial charge in [-0.15, -0.1) is 0 Å². The maximum atomic E-state index is 12.2. The summed E-state index contributed by atoms with van der Waals surface area (Å²) in [7, 11) is 2.72. The Bertz CT molecular complexity index is 725. The average Bonchev–Trinajstić information content (AvgIpc) is 2.70. The number of imide groups is 2. The number of amides is 4. The molecular weight excluding hydrogens is 346 g/mol. The molecule has 2 aliphatic heterocycles. The third-order valence-electron chi connectivity index (χ3n) is 4.96. The molecule has 0 aromatic heterocycles. The Morgan fingerprint density at radius 1 is 0.926 bits per heavy atom. The van der Waals surface area contributed by atoms with E-state index in [1.54, 1.807) is 12.1 Å². The number of carbonyl (C=O) groups is 3. The van der Waals surface area contributed by atoms with Crippen LogP contribution in [0.5, 0.6) is 5.75 Å². The molecule has 2 heterocycles. The number of likely N-dealkylation sites (N-methyl/N-ethyl adjacent to an activating group) is 2. The van der Waals surface area contributed by atoms with Gasteiger partial charge in [-0.2, -0.15) is 0 Å². The fraction of sp³-hybridized carbons (Fsp3) is 0.450. The number of carbonyl (C=O) groups excluding carboxylic acids is 3. The molecular formula is C20H25N3O4. The van der Waals surface area contributed by atoms with E-state index in [-0.39, 0.29) is 5.57 Å². The topological polar surface area (TPSA) is 70.2 Å². The molecule has 27 heavy (non-hydrogen) atoms. The first kappa shape index (κ1) is 19.1. The van der Waals surface area contributed by atoms with E-state index in [2.05, 4.69) is 4.90 Å². The first-order valence-corrected chi connectivity index (χ1v) is 9.24. The zero-order valence-electron chi connectivity index (χ0n) is 15.8. The van der Waals surface area contributed by atoms with Crippen molar-refractivity contribution in [3.05, 3.63) is 35.4 Å². The summed E-state index contributed by atoms with van der Waals surface area (Å²) < 4.78 is 5.79. The van der Waals surface area contributed by atoms with Gasteiger partial charge in [0, 0.05) is 20.6 Å². The van der Waals surface area contributed by atoms with Crippen molar-refractivity contribution in [1.29, 1.82) is 0 Å². The number of hydrogen-bond acceptors (Lipinski definition) is 5. The number of hydrogen-bond donors (Lipinski definition) is 0. The van der Waals surface area contributed by atoms with Crippen LogP contribution in [0.1, 0.15) is 24.8 Å². The van der Waals surface area contributed by atoms with Crippen LogP contribution in [0.4, 0.5) is 4.79 Å². The van der Waals surface area contributed by atoms with Crippen molar-refractivity contribution in [1.82, 2.24) is 14.7 Å². The second kappa shape index (κ2) is 8.35. The largest absolute Gasteiger partial charge is 0.492 e. The molecule has 1 aromatic rings. The zero-order valence-corrected chi connectivity index (χ0v) is 15.8. The van der Waals surface area contributed by atoms with Crippen molar-refractivity contribution in [2.24, 2.45) is 0 Å². The van der Waals surface area contributed by atoms with Crippen LogP contribution in [-0.2, 0) is 9.59 Å². The first-order chi connectivity index (χ1) is 13.0. The lowest BCUT2D eigenvalue weighted by molar-refractivity contribution is -0.134. The molecule has 0 N–H and O–H groups in total. The molecule has 7 heteroatoms. The third-order valence-corrected chi connectivity index (χ3v) is 4.96. The van der Waals surface area contributed by atoms with E-state index >= 15 is 0 Å². The van der Waals surface area contributed by atoms with Gasteiger partial charge in [0.05, 0.1) is 0 Å². The Balaban J connectivity index is 1.61. The number of barbiturate groups is 1. The number of ether oxygens (including phenoxy) is 1. The maximum Gasteiger partial charge on any atom is 0.333 e. The van der Waals surface area contributed by atoms with Crippen LogP contribution in [0.25, 0.3) is 6.08 Å². The molecule has 7 nitrogen and oxygen atoms in total. The molecule has 0 atom stereocenters. The van der Waals surface area contributed by atoms with E-state index in [0.29, 0.717) is 12.2 Å². The highest BCUT2D eigenvalue weighted by molar-refractivity contribution is 6.30. The molecule has 0 aliphatic carbocycles. The normalized spacial score (nSPS) is 18.9. The summed E-state index contributed by atoms with van der Waals surface area (Å²) in [4.78, 5) is 40.5. The van der Waals surface area contributed by atoms with Gasteiger partial charge in [0.15, 0.2) is 0 Å². The minimum atomic E-state index is -0.625. The molecule has 2 saturated heterocycles. The van der Waals surface area contributed by atoms with E-state index < -0.39 is 17.8 Å². The summed E-state index contributed by atoms with van der Waals surface area (Å²) in [5.41, 5.74) is 0.671. The fourth-order valence-electron chi connectivity index (χ4n) is 3.28.